The number of anilines is 1. The maximum Gasteiger partial charge on any atom is 0.259 e. The summed E-state index contributed by atoms with van der Waals surface area (Å²) in [6.07, 6.45) is 1.32. The molecule has 88 valence electrons. The van der Waals surface area contributed by atoms with Gasteiger partial charge in [-0.2, -0.15) is 10.1 Å². The molecule has 0 radical (unpaired) electrons. The number of aromatic nitrogens is 3. The first kappa shape index (κ1) is 11.7. The third-order valence-corrected chi connectivity index (χ3v) is 2.80. The molecule has 5 nitrogen and oxygen atoms in total. The predicted molar refractivity (Wildman–Crippen MR) is 63.1 cm³/mol. The summed E-state index contributed by atoms with van der Waals surface area (Å²) in [5.74, 6) is -0.630. The first-order valence-electron chi connectivity index (χ1n) is 4.68. The van der Waals surface area contributed by atoms with Gasteiger partial charge in [-0.15, -0.1) is 0 Å². The van der Waals surface area contributed by atoms with Gasteiger partial charge in [0.25, 0.3) is 5.91 Å². The zero-order valence-electron chi connectivity index (χ0n) is 8.82. The number of benzene rings is 1. The average Bonchev–Trinajstić information content (AvgIpc) is 2.68. The van der Waals surface area contributed by atoms with E-state index in [1.807, 2.05) is 0 Å². The number of halogens is 2. The Bertz CT molecular complexity index is 569. The molecule has 0 fully saturated rings. The van der Waals surface area contributed by atoms with Crippen LogP contribution in [0, 0.1) is 5.82 Å². The van der Waals surface area contributed by atoms with Crippen molar-refractivity contribution in [3.63, 3.8) is 0 Å². The van der Waals surface area contributed by atoms with Gasteiger partial charge in [-0.1, -0.05) is 0 Å². The lowest BCUT2D eigenvalue weighted by atomic mass is 10.2. The van der Waals surface area contributed by atoms with Crippen LogP contribution in [0.4, 0.5) is 10.3 Å². The molecule has 1 aromatic heterocycles. The molecule has 1 aromatic carbocycles. The van der Waals surface area contributed by atoms with Crippen molar-refractivity contribution in [3.05, 3.63) is 40.4 Å². The summed E-state index contributed by atoms with van der Waals surface area (Å²) in [4.78, 5) is 15.7. The lowest BCUT2D eigenvalue weighted by Gasteiger charge is -2.05. The number of carbonyl (C=O) groups excluding carboxylic acids is 1. The second kappa shape index (κ2) is 4.62. The van der Waals surface area contributed by atoms with Crippen molar-refractivity contribution in [3.8, 4) is 0 Å². The van der Waals surface area contributed by atoms with E-state index in [1.165, 1.54) is 23.1 Å². The van der Waals surface area contributed by atoms with E-state index in [0.29, 0.717) is 10.4 Å². The van der Waals surface area contributed by atoms with Gasteiger partial charge < -0.3 is 0 Å². The number of hydrogen-bond acceptors (Lipinski definition) is 3. The van der Waals surface area contributed by atoms with E-state index >= 15 is 0 Å². The SMILES string of the molecule is Cn1ncnc1NC(=O)c1cc(F)ccc1Br. The largest absolute Gasteiger partial charge is 0.291 e. The molecule has 0 atom stereocenters. The molecular weight excluding hydrogens is 291 g/mol. The molecule has 1 N–H and O–H groups in total. The summed E-state index contributed by atoms with van der Waals surface area (Å²) in [7, 11) is 1.64. The first-order valence-corrected chi connectivity index (χ1v) is 5.47. The molecule has 0 aliphatic rings. The molecule has 0 unspecified atom stereocenters. The number of carbonyl (C=O) groups is 1. The lowest BCUT2D eigenvalue weighted by molar-refractivity contribution is 0.102. The molecule has 0 aliphatic heterocycles. The molecule has 7 heteroatoms. The highest BCUT2D eigenvalue weighted by Crippen LogP contribution is 2.18. The van der Waals surface area contributed by atoms with E-state index in [2.05, 4.69) is 31.3 Å². The van der Waals surface area contributed by atoms with E-state index in [4.69, 9.17) is 0 Å². The average molecular weight is 299 g/mol. The summed E-state index contributed by atoms with van der Waals surface area (Å²) in [5, 5.41) is 6.34. The van der Waals surface area contributed by atoms with Gasteiger partial charge in [-0.05, 0) is 34.1 Å². The molecule has 0 aliphatic carbocycles. The van der Waals surface area contributed by atoms with Crippen LogP contribution in [-0.4, -0.2) is 20.7 Å². The van der Waals surface area contributed by atoms with Gasteiger partial charge >= 0.3 is 0 Å². The fourth-order valence-electron chi connectivity index (χ4n) is 1.25. The van der Waals surface area contributed by atoms with Crippen molar-refractivity contribution in [2.24, 2.45) is 7.05 Å². The quantitative estimate of drug-likeness (QED) is 0.922. The number of aryl methyl sites for hydroxylation is 1. The number of hydrogen-bond donors (Lipinski definition) is 1. The van der Waals surface area contributed by atoms with Crippen LogP contribution < -0.4 is 5.32 Å². The molecule has 0 bridgehead atoms. The van der Waals surface area contributed by atoms with E-state index < -0.39 is 11.7 Å². The minimum Gasteiger partial charge on any atom is -0.291 e. The molecule has 0 saturated carbocycles. The van der Waals surface area contributed by atoms with Crippen molar-refractivity contribution >= 4 is 27.8 Å². The molecule has 17 heavy (non-hydrogen) atoms. The molecule has 0 spiro atoms. The second-order valence-corrected chi connectivity index (χ2v) is 4.14. The first-order chi connectivity index (χ1) is 8.08. The second-order valence-electron chi connectivity index (χ2n) is 3.29. The Morgan fingerprint density at radius 3 is 2.94 bits per heavy atom. The maximum atomic E-state index is 13.0. The smallest absolute Gasteiger partial charge is 0.259 e. The monoisotopic (exact) mass is 298 g/mol. The minimum absolute atomic E-state index is 0.202. The summed E-state index contributed by atoms with van der Waals surface area (Å²) in [6, 6.07) is 3.89. The Balaban J connectivity index is 2.26. The van der Waals surface area contributed by atoms with E-state index in [0.717, 1.165) is 6.07 Å². The van der Waals surface area contributed by atoms with Gasteiger partial charge in [-0.25, -0.2) is 9.07 Å². The van der Waals surface area contributed by atoms with Gasteiger partial charge in [0.05, 0.1) is 5.56 Å². The Labute approximate surface area is 105 Å². The summed E-state index contributed by atoms with van der Waals surface area (Å²) < 4.78 is 15.0. The van der Waals surface area contributed by atoms with Crippen LogP contribution in [0.2, 0.25) is 0 Å². The highest BCUT2D eigenvalue weighted by atomic mass is 79.9. The zero-order chi connectivity index (χ0) is 12.4. The maximum absolute atomic E-state index is 13.0. The highest BCUT2D eigenvalue weighted by Gasteiger charge is 2.13. The third kappa shape index (κ3) is 2.50. The van der Waals surface area contributed by atoms with Crippen LogP contribution in [-0.2, 0) is 7.05 Å². The Kier molecular flexibility index (Phi) is 3.19. The number of nitrogens with zero attached hydrogens (tertiary/aromatic N) is 3. The van der Waals surface area contributed by atoms with E-state index in [9.17, 15) is 9.18 Å². The standard InChI is InChI=1S/C10H8BrFN4O/c1-16-10(13-5-14-16)15-9(17)7-4-6(12)2-3-8(7)11/h2-5H,1H3,(H,13,14,15,17). The third-order valence-electron chi connectivity index (χ3n) is 2.11. The normalized spacial score (nSPS) is 10.3. The van der Waals surface area contributed by atoms with Crippen molar-refractivity contribution in [2.45, 2.75) is 0 Å². The van der Waals surface area contributed by atoms with Crippen molar-refractivity contribution in [1.29, 1.82) is 0 Å². The Morgan fingerprint density at radius 1 is 1.53 bits per heavy atom. The van der Waals surface area contributed by atoms with E-state index in [-0.39, 0.29) is 5.56 Å². The molecule has 2 rings (SSSR count). The summed E-state index contributed by atoms with van der Waals surface area (Å²) in [5.41, 5.74) is 0.202. The molecule has 0 saturated heterocycles. The zero-order valence-corrected chi connectivity index (χ0v) is 10.4. The summed E-state index contributed by atoms with van der Waals surface area (Å²) >= 11 is 3.18. The van der Waals surface area contributed by atoms with Gasteiger partial charge in [-0.3, -0.25) is 10.1 Å². The van der Waals surface area contributed by atoms with Crippen LogP contribution in [0.15, 0.2) is 29.0 Å². The van der Waals surface area contributed by atoms with Crippen LogP contribution in [0.5, 0.6) is 0 Å². The fraction of sp³-hybridized carbons (Fsp3) is 0.100. The number of rotatable bonds is 2. The molecule has 1 amide bonds. The van der Waals surface area contributed by atoms with Crippen molar-refractivity contribution < 1.29 is 9.18 Å². The van der Waals surface area contributed by atoms with Crippen molar-refractivity contribution in [1.82, 2.24) is 14.8 Å². The van der Waals surface area contributed by atoms with Crippen LogP contribution in [0.1, 0.15) is 10.4 Å². The molecule has 1 heterocycles. The van der Waals surface area contributed by atoms with Crippen LogP contribution >= 0.6 is 15.9 Å². The molecular formula is C10H8BrFN4O. The highest BCUT2D eigenvalue weighted by molar-refractivity contribution is 9.10. The topological polar surface area (TPSA) is 59.8 Å². The minimum atomic E-state index is -0.476. The molecule has 2 aromatic rings. The predicted octanol–water partition coefficient (Wildman–Crippen LogP) is 1.97. The Morgan fingerprint density at radius 2 is 2.29 bits per heavy atom. The lowest BCUT2D eigenvalue weighted by Crippen LogP contribution is -2.16. The van der Waals surface area contributed by atoms with Gasteiger partial charge in [0.15, 0.2) is 0 Å². The van der Waals surface area contributed by atoms with Gasteiger partial charge in [0.1, 0.15) is 12.1 Å². The summed E-state index contributed by atoms with van der Waals surface area (Å²) in [6.45, 7) is 0. The van der Waals surface area contributed by atoms with E-state index in [1.54, 1.807) is 7.05 Å². The fourth-order valence-corrected chi connectivity index (χ4v) is 1.68. The van der Waals surface area contributed by atoms with Gasteiger partial charge in [0, 0.05) is 11.5 Å². The van der Waals surface area contributed by atoms with Crippen LogP contribution in [0.3, 0.4) is 0 Å². The van der Waals surface area contributed by atoms with Crippen LogP contribution in [0.25, 0.3) is 0 Å². The number of amides is 1. The van der Waals surface area contributed by atoms with Gasteiger partial charge in [0.2, 0.25) is 5.95 Å². The van der Waals surface area contributed by atoms with Crippen molar-refractivity contribution in [2.75, 3.05) is 5.32 Å². The number of nitrogens with one attached hydrogen (secondary N) is 1. The Hall–Kier alpha value is -1.76.